The number of hydrogen-bond donors (Lipinski definition) is 1. The molecule has 0 aliphatic carbocycles. The molecule has 5 nitrogen and oxygen atoms in total. The number of anilines is 1. The summed E-state index contributed by atoms with van der Waals surface area (Å²) >= 11 is 1.38. The lowest BCUT2D eigenvalue weighted by Gasteiger charge is -2.30. The van der Waals surface area contributed by atoms with Gasteiger partial charge in [-0.25, -0.2) is 13.2 Å². The zero-order chi connectivity index (χ0) is 19.1. The number of halogens is 3. The largest absolute Gasteiger partial charge is 0.478 e. The highest BCUT2D eigenvalue weighted by atomic mass is 32.2. The molecule has 0 atom stereocenters. The van der Waals surface area contributed by atoms with Gasteiger partial charge in [0.05, 0.1) is 21.7 Å². The number of rotatable bonds is 3. The van der Waals surface area contributed by atoms with E-state index in [0.29, 0.717) is 22.8 Å². The fourth-order valence-corrected chi connectivity index (χ4v) is 5.14. The van der Waals surface area contributed by atoms with E-state index < -0.39 is 27.7 Å². The van der Waals surface area contributed by atoms with Crippen LogP contribution in [0.1, 0.15) is 15.9 Å². The van der Waals surface area contributed by atoms with E-state index in [-0.39, 0.29) is 22.7 Å². The van der Waals surface area contributed by atoms with Crippen LogP contribution in [-0.4, -0.2) is 31.8 Å². The van der Waals surface area contributed by atoms with Crippen LogP contribution < -0.4 is 4.31 Å². The first kappa shape index (κ1) is 18.6. The van der Waals surface area contributed by atoms with E-state index in [2.05, 4.69) is 0 Å². The van der Waals surface area contributed by atoms with Crippen LogP contribution in [0.2, 0.25) is 0 Å². The molecule has 0 unspecified atom stereocenters. The highest BCUT2D eigenvalue weighted by molar-refractivity contribution is 8.00. The molecule has 2 aromatic rings. The van der Waals surface area contributed by atoms with Gasteiger partial charge in [0.15, 0.2) is 0 Å². The topological polar surface area (TPSA) is 74.7 Å². The number of benzene rings is 2. The third kappa shape index (κ3) is 3.38. The van der Waals surface area contributed by atoms with Crippen molar-refractivity contribution >= 4 is 33.4 Å². The van der Waals surface area contributed by atoms with Gasteiger partial charge in [-0.3, -0.25) is 4.31 Å². The lowest BCUT2D eigenvalue weighted by Crippen LogP contribution is -2.35. The van der Waals surface area contributed by atoms with Crippen molar-refractivity contribution in [2.24, 2.45) is 0 Å². The number of thioether (sulfide) groups is 1. The third-order valence-electron chi connectivity index (χ3n) is 3.80. The standard InChI is InChI=1S/C16H12F3NO4S2/c17-16(18,19)11-2-4-12(5-3-11)26(23,24)20-7-8-25-14-6-1-10(15(21)22)9-13(14)20/h1-6,9H,7-8H2,(H,21,22). The van der Waals surface area contributed by atoms with Gasteiger partial charge >= 0.3 is 12.1 Å². The third-order valence-corrected chi connectivity index (χ3v) is 6.67. The van der Waals surface area contributed by atoms with Crippen LogP contribution in [0.5, 0.6) is 0 Å². The molecular formula is C16H12F3NO4S2. The summed E-state index contributed by atoms with van der Waals surface area (Å²) in [5.41, 5.74) is -0.806. The van der Waals surface area contributed by atoms with Crippen LogP contribution >= 0.6 is 11.8 Å². The number of carboxylic acids is 1. The molecular weight excluding hydrogens is 391 g/mol. The fourth-order valence-electron chi connectivity index (χ4n) is 2.52. The number of alkyl halides is 3. The first-order valence-electron chi connectivity index (χ1n) is 7.31. The van der Waals surface area contributed by atoms with Gasteiger partial charge in [-0.15, -0.1) is 11.8 Å². The molecule has 3 rings (SSSR count). The molecule has 26 heavy (non-hydrogen) atoms. The Bertz CT molecular complexity index is 956. The zero-order valence-corrected chi connectivity index (χ0v) is 14.7. The number of carbonyl (C=O) groups is 1. The Labute approximate surface area is 151 Å². The maximum Gasteiger partial charge on any atom is 0.416 e. The number of carboxylic acid groups (broad SMARTS) is 1. The lowest BCUT2D eigenvalue weighted by atomic mass is 10.2. The lowest BCUT2D eigenvalue weighted by molar-refractivity contribution is -0.137. The van der Waals surface area contributed by atoms with Gasteiger partial charge in [-0.2, -0.15) is 13.2 Å². The quantitative estimate of drug-likeness (QED) is 0.846. The summed E-state index contributed by atoms with van der Waals surface area (Å²) in [6.45, 7) is 0.0874. The first-order valence-corrected chi connectivity index (χ1v) is 9.73. The Kier molecular flexibility index (Phi) is 4.65. The van der Waals surface area contributed by atoms with Crippen molar-refractivity contribution in [3.05, 3.63) is 53.6 Å². The monoisotopic (exact) mass is 403 g/mol. The molecule has 10 heteroatoms. The minimum atomic E-state index is -4.56. The van der Waals surface area contributed by atoms with E-state index in [1.54, 1.807) is 0 Å². The Balaban J connectivity index is 2.04. The van der Waals surface area contributed by atoms with Crippen LogP contribution in [0.3, 0.4) is 0 Å². The minimum absolute atomic E-state index is 0.0705. The van der Waals surface area contributed by atoms with Crippen molar-refractivity contribution in [1.29, 1.82) is 0 Å². The van der Waals surface area contributed by atoms with Crippen LogP contribution in [-0.2, 0) is 16.2 Å². The van der Waals surface area contributed by atoms with Gasteiger partial charge in [0.25, 0.3) is 10.0 Å². The van der Waals surface area contributed by atoms with Crippen molar-refractivity contribution in [3.8, 4) is 0 Å². The van der Waals surface area contributed by atoms with Gasteiger partial charge in [0.2, 0.25) is 0 Å². The summed E-state index contributed by atoms with van der Waals surface area (Å²) < 4.78 is 64.8. The van der Waals surface area contributed by atoms with Crippen molar-refractivity contribution < 1.29 is 31.5 Å². The van der Waals surface area contributed by atoms with Crippen LogP contribution in [0, 0.1) is 0 Å². The van der Waals surface area contributed by atoms with Gasteiger partial charge in [-0.05, 0) is 42.5 Å². The smallest absolute Gasteiger partial charge is 0.416 e. The fraction of sp³-hybridized carbons (Fsp3) is 0.188. The van der Waals surface area contributed by atoms with E-state index in [1.165, 1.54) is 30.0 Å². The van der Waals surface area contributed by atoms with Crippen LogP contribution in [0.4, 0.5) is 18.9 Å². The number of fused-ring (bicyclic) bond motifs is 1. The molecule has 138 valence electrons. The van der Waals surface area contributed by atoms with E-state index in [4.69, 9.17) is 5.11 Å². The molecule has 1 aliphatic rings. The Hall–Kier alpha value is -2.20. The second-order valence-corrected chi connectivity index (χ2v) is 8.43. The van der Waals surface area contributed by atoms with E-state index in [0.717, 1.165) is 16.4 Å². The van der Waals surface area contributed by atoms with Gasteiger partial charge in [-0.1, -0.05) is 0 Å². The molecule has 0 radical (unpaired) electrons. The summed E-state index contributed by atoms with van der Waals surface area (Å²) in [6.07, 6.45) is -4.56. The molecule has 0 bridgehead atoms. The van der Waals surface area contributed by atoms with Gasteiger partial charge in [0, 0.05) is 17.2 Å². The predicted octanol–water partition coefficient (Wildman–Crippen LogP) is 3.70. The Morgan fingerprint density at radius 2 is 1.77 bits per heavy atom. The maximum absolute atomic E-state index is 12.9. The molecule has 1 N–H and O–H groups in total. The highest BCUT2D eigenvalue weighted by Gasteiger charge is 2.33. The van der Waals surface area contributed by atoms with Gasteiger partial charge in [0.1, 0.15) is 0 Å². The maximum atomic E-state index is 12.9. The molecule has 1 heterocycles. The van der Waals surface area contributed by atoms with Crippen LogP contribution in [0.25, 0.3) is 0 Å². The van der Waals surface area contributed by atoms with Crippen molar-refractivity contribution in [1.82, 2.24) is 0 Å². The van der Waals surface area contributed by atoms with Crippen molar-refractivity contribution in [2.75, 3.05) is 16.6 Å². The SMILES string of the molecule is O=C(O)c1ccc2c(c1)N(S(=O)(=O)c1ccc(C(F)(F)F)cc1)CCS2. The number of hydrogen-bond acceptors (Lipinski definition) is 4. The molecule has 0 spiro atoms. The van der Waals surface area contributed by atoms with Gasteiger partial charge < -0.3 is 5.11 Å². The number of aromatic carboxylic acids is 1. The molecule has 2 aromatic carbocycles. The summed E-state index contributed by atoms with van der Waals surface area (Å²) in [4.78, 5) is 11.5. The van der Waals surface area contributed by atoms with E-state index >= 15 is 0 Å². The molecule has 0 saturated heterocycles. The Morgan fingerprint density at radius 3 is 2.35 bits per heavy atom. The second-order valence-electron chi connectivity index (χ2n) is 5.44. The average Bonchev–Trinajstić information content (AvgIpc) is 2.60. The predicted molar refractivity (Wildman–Crippen MR) is 90.1 cm³/mol. The second kappa shape index (κ2) is 6.51. The zero-order valence-electron chi connectivity index (χ0n) is 13.0. The Morgan fingerprint density at radius 1 is 1.12 bits per heavy atom. The first-order chi connectivity index (χ1) is 12.1. The molecule has 0 aromatic heterocycles. The average molecular weight is 403 g/mol. The number of nitrogens with zero attached hydrogens (tertiary/aromatic N) is 1. The van der Waals surface area contributed by atoms with Crippen LogP contribution in [0.15, 0.2) is 52.3 Å². The molecule has 1 aliphatic heterocycles. The molecule has 0 amide bonds. The van der Waals surface area contributed by atoms with Crippen molar-refractivity contribution in [2.45, 2.75) is 16.0 Å². The molecule has 0 saturated carbocycles. The summed E-state index contributed by atoms with van der Waals surface area (Å²) in [5, 5.41) is 9.12. The summed E-state index contributed by atoms with van der Waals surface area (Å²) in [5.74, 6) is -0.755. The normalized spacial score (nSPS) is 14.8. The van der Waals surface area contributed by atoms with Crippen molar-refractivity contribution in [3.63, 3.8) is 0 Å². The number of sulfonamides is 1. The summed E-state index contributed by atoms with van der Waals surface area (Å²) in [6, 6.07) is 7.38. The van der Waals surface area contributed by atoms with E-state index in [9.17, 15) is 26.4 Å². The summed E-state index contributed by atoms with van der Waals surface area (Å²) in [7, 11) is -4.12. The molecule has 0 fully saturated rings. The van der Waals surface area contributed by atoms with E-state index in [1.807, 2.05) is 0 Å². The minimum Gasteiger partial charge on any atom is -0.478 e. The highest BCUT2D eigenvalue weighted by Crippen LogP contribution is 2.39.